The van der Waals surface area contributed by atoms with Crippen LogP contribution in [0.15, 0.2) is 48.5 Å². The molecule has 0 aromatic heterocycles. The van der Waals surface area contributed by atoms with E-state index in [0.717, 1.165) is 0 Å². The van der Waals surface area contributed by atoms with E-state index in [0.29, 0.717) is 11.1 Å². The third kappa shape index (κ3) is 4.97. The summed E-state index contributed by atoms with van der Waals surface area (Å²) in [5.74, 6) is -2.31. The van der Waals surface area contributed by atoms with E-state index in [2.05, 4.69) is 0 Å². The van der Waals surface area contributed by atoms with Crippen LogP contribution in [0.1, 0.15) is 28.8 Å². The number of hydrogen-bond donors (Lipinski definition) is 4. The molecule has 0 aliphatic heterocycles. The van der Waals surface area contributed by atoms with Crippen molar-refractivity contribution in [2.45, 2.75) is 24.8 Å². The van der Waals surface area contributed by atoms with Crippen LogP contribution in [-0.2, 0) is 16.0 Å². The summed E-state index contributed by atoms with van der Waals surface area (Å²) < 4.78 is 5.13. The highest BCUT2D eigenvalue weighted by Crippen LogP contribution is 2.27. The van der Waals surface area contributed by atoms with Crippen LogP contribution >= 0.6 is 0 Å². The van der Waals surface area contributed by atoms with Gasteiger partial charge in [-0.15, -0.1) is 0 Å². The summed E-state index contributed by atoms with van der Waals surface area (Å²) in [5, 5.41) is 28.3. The lowest BCUT2D eigenvalue weighted by Crippen LogP contribution is -2.50. The number of benzene rings is 2. The van der Waals surface area contributed by atoms with Crippen LogP contribution < -0.4 is 5.73 Å². The van der Waals surface area contributed by atoms with Gasteiger partial charge in [-0.1, -0.05) is 24.3 Å². The molecule has 0 fully saturated rings. The molecule has 0 bridgehead atoms. The molecule has 2 aromatic carbocycles. The Morgan fingerprint density at radius 2 is 1.73 bits per heavy atom. The Balaban J connectivity index is 1.91. The molecule has 26 heavy (non-hydrogen) atoms. The summed E-state index contributed by atoms with van der Waals surface area (Å²) in [7, 11) is 0. The minimum atomic E-state index is -1.58. The van der Waals surface area contributed by atoms with Crippen molar-refractivity contribution in [2.75, 3.05) is 6.61 Å². The van der Waals surface area contributed by atoms with E-state index in [-0.39, 0.29) is 37.4 Å². The molecule has 2 rings (SSSR count). The van der Waals surface area contributed by atoms with Crippen molar-refractivity contribution in [3.63, 3.8) is 0 Å². The number of carbonyl (C=O) groups excluding carboxylic acids is 1. The summed E-state index contributed by atoms with van der Waals surface area (Å²) in [6.45, 7) is 0.0424. The number of nitrogens with two attached hydrogens (primary N) is 1. The van der Waals surface area contributed by atoms with Gasteiger partial charge in [0.15, 0.2) is 11.5 Å². The second-order valence-corrected chi connectivity index (χ2v) is 6.07. The smallest absolute Gasteiger partial charge is 0.338 e. The maximum Gasteiger partial charge on any atom is 0.338 e. The molecule has 0 saturated heterocycles. The monoisotopic (exact) mass is 359 g/mol. The molecule has 0 spiro atoms. The quantitative estimate of drug-likeness (QED) is 0.322. The van der Waals surface area contributed by atoms with E-state index < -0.39 is 17.5 Å². The van der Waals surface area contributed by atoms with E-state index >= 15 is 0 Å². The molecule has 0 unspecified atom stereocenters. The van der Waals surface area contributed by atoms with Gasteiger partial charge in [0.1, 0.15) is 5.54 Å². The number of carbonyl (C=O) groups is 2. The van der Waals surface area contributed by atoms with Crippen molar-refractivity contribution in [1.29, 1.82) is 0 Å². The molecule has 0 aliphatic rings. The van der Waals surface area contributed by atoms with Gasteiger partial charge >= 0.3 is 11.9 Å². The number of rotatable bonds is 8. The minimum absolute atomic E-state index is 0.0389. The highest BCUT2D eigenvalue weighted by Gasteiger charge is 2.34. The zero-order chi connectivity index (χ0) is 19.2. The van der Waals surface area contributed by atoms with Gasteiger partial charge in [0.25, 0.3) is 0 Å². The number of phenolic OH excluding ortho intramolecular Hbond substituents is 2. The first kappa shape index (κ1) is 19.3. The second kappa shape index (κ2) is 8.35. The first-order chi connectivity index (χ1) is 12.3. The van der Waals surface area contributed by atoms with Gasteiger partial charge in [-0.05, 0) is 42.7 Å². The molecular formula is C19H21NO6. The molecule has 5 N–H and O–H groups in total. The number of ether oxygens (including phenoxy) is 1. The molecule has 0 amide bonds. The number of carboxylic acids is 1. The number of aliphatic carboxylic acids is 1. The Bertz CT molecular complexity index is 777. The number of aromatic hydroxyl groups is 2. The van der Waals surface area contributed by atoms with Gasteiger partial charge in [-0.3, -0.25) is 4.79 Å². The van der Waals surface area contributed by atoms with Crippen molar-refractivity contribution in [2.24, 2.45) is 5.73 Å². The van der Waals surface area contributed by atoms with Crippen LogP contribution in [0.25, 0.3) is 0 Å². The van der Waals surface area contributed by atoms with Gasteiger partial charge in [-0.25, -0.2) is 4.79 Å². The Morgan fingerprint density at radius 1 is 1.04 bits per heavy atom. The maximum absolute atomic E-state index is 11.8. The van der Waals surface area contributed by atoms with Crippen LogP contribution in [0, 0.1) is 0 Å². The first-order valence-corrected chi connectivity index (χ1v) is 8.07. The zero-order valence-corrected chi connectivity index (χ0v) is 14.1. The Labute approximate surface area is 150 Å². The number of phenols is 2. The summed E-state index contributed by atoms with van der Waals surface area (Å²) in [5.41, 5.74) is 5.32. The Hall–Kier alpha value is -3.06. The fourth-order valence-corrected chi connectivity index (χ4v) is 2.52. The van der Waals surface area contributed by atoms with E-state index in [1.807, 2.05) is 0 Å². The Morgan fingerprint density at radius 3 is 2.35 bits per heavy atom. The molecular weight excluding hydrogens is 338 g/mol. The number of carboxylic acid groups (broad SMARTS) is 1. The first-order valence-electron chi connectivity index (χ1n) is 8.07. The standard InChI is InChI=1S/C19H21NO6/c20-19(18(24)25,12-13-7-8-15(21)16(22)11-13)9-4-10-26-17(23)14-5-2-1-3-6-14/h1-3,5-8,11,21-22H,4,9-10,12,20H2,(H,24,25)/t19-/m0/s1. The van der Waals surface area contributed by atoms with Crippen molar-refractivity contribution >= 4 is 11.9 Å². The van der Waals surface area contributed by atoms with Gasteiger partial charge < -0.3 is 25.8 Å². The SMILES string of the molecule is N[C@@](CCCOC(=O)c1ccccc1)(Cc1ccc(O)c(O)c1)C(=O)O. The van der Waals surface area contributed by atoms with Crippen LogP contribution in [0.2, 0.25) is 0 Å². The van der Waals surface area contributed by atoms with Crippen LogP contribution in [0.5, 0.6) is 11.5 Å². The Kier molecular flexibility index (Phi) is 6.19. The zero-order valence-electron chi connectivity index (χ0n) is 14.1. The average molecular weight is 359 g/mol. The lowest BCUT2D eigenvalue weighted by atomic mass is 9.87. The fourth-order valence-electron chi connectivity index (χ4n) is 2.52. The van der Waals surface area contributed by atoms with Gasteiger partial charge in [0.2, 0.25) is 0 Å². The van der Waals surface area contributed by atoms with Crippen LogP contribution in [0.3, 0.4) is 0 Å². The summed E-state index contributed by atoms with van der Waals surface area (Å²) in [4.78, 5) is 23.4. The molecule has 7 nitrogen and oxygen atoms in total. The predicted molar refractivity (Wildman–Crippen MR) is 94.0 cm³/mol. The highest BCUT2D eigenvalue weighted by molar-refractivity contribution is 5.89. The average Bonchev–Trinajstić information content (AvgIpc) is 2.62. The van der Waals surface area contributed by atoms with Crippen molar-refractivity contribution < 1.29 is 29.6 Å². The van der Waals surface area contributed by atoms with E-state index in [1.165, 1.54) is 18.2 Å². The molecule has 0 radical (unpaired) electrons. The fraction of sp³-hybridized carbons (Fsp3) is 0.263. The van der Waals surface area contributed by atoms with Crippen molar-refractivity contribution in [1.82, 2.24) is 0 Å². The molecule has 0 saturated carbocycles. The molecule has 0 heterocycles. The third-order valence-electron chi connectivity index (χ3n) is 4.00. The largest absolute Gasteiger partial charge is 0.504 e. The maximum atomic E-state index is 11.8. The normalized spacial score (nSPS) is 13.0. The van der Waals surface area contributed by atoms with Crippen molar-refractivity contribution in [3.8, 4) is 11.5 Å². The van der Waals surface area contributed by atoms with Crippen LogP contribution in [-0.4, -0.2) is 39.4 Å². The lowest BCUT2D eigenvalue weighted by molar-refractivity contribution is -0.143. The van der Waals surface area contributed by atoms with Crippen molar-refractivity contribution in [3.05, 3.63) is 59.7 Å². The highest BCUT2D eigenvalue weighted by atomic mass is 16.5. The predicted octanol–water partition coefficient (Wildman–Crippen LogP) is 2.06. The number of esters is 1. The lowest BCUT2D eigenvalue weighted by Gasteiger charge is -2.25. The molecule has 138 valence electrons. The molecule has 1 atom stereocenters. The van der Waals surface area contributed by atoms with E-state index in [1.54, 1.807) is 30.3 Å². The summed E-state index contributed by atoms with van der Waals surface area (Å²) in [6.07, 6.45) is 0.306. The molecule has 7 heteroatoms. The molecule has 0 aliphatic carbocycles. The van der Waals surface area contributed by atoms with E-state index in [4.69, 9.17) is 10.5 Å². The van der Waals surface area contributed by atoms with Crippen LogP contribution in [0.4, 0.5) is 0 Å². The van der Waals surface area contributed by atoms with E-state index in [9.17, 15) is 24.9 Å². The summed E-state index contributed by atoms with van der Waals surface area (Å²) >= 11 is 0. The van der Waals surface area contributed by atoms with Gasteiger partial charge in [0, 0.05) is 6.42 Å². The number of hydrogen-bond acceptors (Lipinski definition) is 6. The molecule has 2 aromatic rings. The van der Waals surface area contributed by atoms with Gasteiger partial charge in [0.05, 0.1) is 12.2 Å². The minimum Gasteiger partial charge on any atom is -0.504 e. The second-order valence-electron chi connectivity index (χ2n) is 6.07. The summed E-state index contributed by atoms with van der Waals surface area (Å²) in [6, 6.07) is 12.5. The topological polar surface area (TPSA) is 130 Å². The third-order valence-corrected chi connectivity index (χ3v) is 4.00. The van der Waals surface area contributed by atoms with Gasteiger partial charge in [-0.2, -0.15) is 0 Å².